The standard InChI is InChI=1S/C22H38N2O4S2/c1-17(2)30(27,28)24-16-18(3)22(4)13-10-21(11-14-22)20-8-6-19(7-9-20)12-15-23-29(5,25)26/h6-9,17-18,21,23-24H,10-16H2,1-5H3. The van der Waals surface area contributed by atoms with E-state index in [1.165, 1.54) is 11.8 Å². The Morgan fingerprint density at radius 3 is 2.07 bits per heavy atom. The zero-order valence-electron chi connectivity index (χ0n) is 18.9. The summed E-state index contributed by atoms with van der Waals surface area (Å²) in [6, 6.07) is 8.53. The average molecular weight is 459 g/mol. The maximum atomic E-state index is 12.1. The van der Waals surface area contributed by atoms with Gasteiger partial charge in [-0.1, -0.05) is 38.1 Å². The van der Waals surface area contributed by atoms with Crippen LogP contribution in [0.1, 0.15) is 70.4 Å². The van der Waals surface area contributed by atoms with Crippen molar-refractivity contribution in [1.82, 2.24) is 9.44 Å². The van der Waals surface area contributed by atoms with Gasteiger partial charge >= 0.3 is 0 Å². The van der Waals surface area contributed by atoms with Crippen molar-refractivity contribution in [3.63, 3.8) is 0 Å². The summed E-state index contributed by atoms with van der Waals surface area (Å²) in [5.74, 6) is 0.817. The van der Waals surface area contributed by atoms with Gasteiger partial charge in [0.05, 0.1) is 11.5 Å². The largest absolute Gasteiger partial charge is 0.215 e. The van der Waals surface area contributed by atoms with Gasteiger partial charge in [-0.15, -0.1) is 0 Å². The topological polar surface area (TPSA) is 92.3 Å². The summed E-state index contributed by atoms with van der Waals surface area (Å²) in [6.45, 7) is 8.76. The highest BCUT2D eigenvalue weighted by atomic mass is 32.2. The lowest BCUT2D eigenvalue weighted by Crippen LogP contribution is -2.40. The van der Waals surface area contributed by atoms with Crippen LogP contribution < -0.4 is 9.44 Å². The van der Waals surface area contributed by atoms with E-state index in [4.69, 9.17) is 0 Å². The van der Waals surface area contributed by atoms with Crippen LogP contribution in [0.5, 0.6) is 0 Å². The molecular weight excluding hydrogens is 420 g/mol. The van der Waals surface area contributed by atoms with Gasteiger partial charge in [0.25, 0.3) is 0 Å². The van der Waals surface area contributed by atoms with Gasteiger partial charge in [0.15, 0.2) is 0 Å². The Hall–Kier alpha value is -0.960. The van der Waals surface area contributed by atoms with E-state index >= 15 is 0 Å². The van der Waals surface area contributed by atoms with Gasteiger partial charge in [-0.05, 0) is 74.3 Å². The third-order valence-electron chi connectivity index (χ3n) is 6.76. The number of nitrogens with one attached hydrogen (secondary N) is 2. The number of hydrogen-bond acceptors (Lipinski definition) is 4. The fourth-order valence-corrected chi connectivity index (χ4v) is 5.38. The van der Waals surface area contributed by atoms with E-state index in [1.807, 2.05) is 0 Å². The van der Waals surface area contributed by atoms with Crippen LogP contribution in [0.25, 0.3) is 0 Å². The first-order valence-electron chi connectivity index (χ1n) is 10.8. The molecule has 0 spiro atoms. The molecule has 0 aliphatic heterocycles. The summed E-state index contributed by atoms with van der Waals surface area (Å²) < 4.78 is 51.7. The fraction of sp³-hybridized carbons (Fsp3) is 0.727. The van der Waals surface area contributed by atoms with Gasteiger partial charge in [-0.25, -0.2) is 26.3 Å². The van der Waals surface area contributed by atoms with E-state index in [9.17, 15) is 16.8 Å². The summed E-state index contributed by atoms with van der Waals surface area (Å²) in [5, 5.41) is -0.404. The maximum absolute atomic E-state index is 12.1. The SMILES string of the molecule is CC(CNS(=O)(=O)C(C)C)C1(C)CCC(c2ccc(CCNS(C)(=O)=O)cc2)CC1. The third-order valence-corrected chi connectivity index (χ3v) is 9.30. The minimum atomic E-state index is -3.22. The van der Waals surface area contributed by atoms with Gasteiger partial charge in [0.2, 0.25) is 20.0 Å². The molecule has 2 N–H and O–H groups in total. The Balaban J connectivity index is 1.87. The van der Waals surface area contributed by atoms with Gasteiger partial charge in [0, 0.05) is 13.1 Å². The van der Waals surface area contributed by atoms with E-state index < -0.39 is 25.3 Å². The molecule has 1 saturated carbocycles. The van der Waals surface area contributed by atoms with E-state index in [1.54, 1.807) is 13.8 Å². The molecule has 1 aromatic rings. The minimum absolute atomic E-state index is 0.146. The summed E-state index contributed by atoms with van der Waals surface area (Å²) in [5.41, 5.74) is 2.61. The summed E-state index contributed by atoms with van der Waals surface area (Å²) in [7, 11) is -6.36. The first-order valence-corrected chi connectivity index (χ1v) is 14.3. The number of benzene rings is 1. The van der Waals surface area contributed by atoms with Crippen molar-refractivity contribution in [3.05, 3.63) is 35.4 Å². The predicted octanol–water partition coefficient (Wildman–Crippen LogP) is 3.41. The molecular formula is C22H38N2O4S2. The quantitative estimate of drug-likeness (QED) is 0.562. The molecule has 1 fully saturated rings. The Morgan fingerprint density at radius 1 is 1.00 bits per heavy atom. The summed E-state index contributed by atoms with van der Waals surface area (Å²) in [4.78, 5) is 0. The molecule has 0 amide bonds. The van der Waals surface area contributed by atoms with Gasteiger partial charge in [-0.3, -0.25) is 0 Å². The first kappa shape index (κ1) is 25.3. The Bertz CT molecular complexity index is 886. The molecule has 0 aromatic heterocycles. The second-order valence-electron chi connectivity index (χ2n) is 9.43. The maximum Gasteiger partial charge on any atom is 0.213 e. The predicted molar refractivity (Wildman–Crippen MR) is 124 cm³/mol. The van der Waals surface area contributed by atoms with Crippen LogP contribution in [0.3, 0.4) is 0 Å². The van der Waals surface area contributed by atoms with E-state index in [0.717, 1.165) is 31.2 Å². The lowest BCUT2D eigenvalue weighted by molar-refractivity contribution is 0.122. The zero-order valence-corrected chi connectivity index (χ0v) is 20.6. The van der Waals surface area contributed by atoms with Crippen molar-refractivity contribution < 1.29 is 16.8 Å². The molecule has 2 rings (SSSR count). The van der Waals surface area contributed by atoms with Gasteiger partial charge in [-0.2, -0.15) is 0 Å². The lowest BCUT2D eigenvalue weighted by atomic mass is 9.64. The van der Waals surface area contributed by atoms with Crippen LogP contribution in [-0.2, 0) is 26.5 Å². The van der Waals surface area contributed by atoms with Crippen molar-refractivity contribution in [2.45, 2.75) is 71.0 Å². The van der Waals surface area contributed by atoms with Crippen LogP contribution in [0.15, 0.2) is 24.3 Å². The molecule has 172 valence electrons. The summed E-state index contributed by atoms with van der Waals surface area (Å²) >= 11 is 0. The number of rotatable bonds is 10. The third kappa shape index (κ3) is 7.32. The highest BCUT2D eigenvalue weighted by Gasteiger charge is 2.36. The Kier molecular flexibility index (Phi) is 8.52. The van der Waals surface area contributed by atoms with E-state index in [0.29, 0.717) is 25.4 Å². The Labute approximate surface area is 183 Å². The molecule has 30 heavy (non-hydrogen) atoms. The van der Waals surface area contributed by atoms with Crippen LogP contribution in [-0.4, -0.2) is 41.4 Å². The molecule has 1 unspecified atom stereocenters. The van der Waals surface area contributed by atoms with Gasteiger partial charge in [0.1, 0.15) is 0 Å². The second-order valence-corrected chi connectivity index (χ2v) is 13.6. The van der Waals surface area contributed by atoms with Crippen molar-refractivity contribution >= 4 is 20.0 Å². The molecule has 1 aliphatic rings. The van der Waals surface area contributed by atoms with Crippen LogP contribution in [0.4, 0.5) is 0 Å². The highest BCUT2D eigenvalue weighted by Crippen LogP contribution is 2.47. The molecule has 0 saturated heterocycles. The van der Waals surface area contributed by atoms with E-state index in [2.05, 4.69) is 47.6 Å². The van der Waals surface area contributed by atoms with Crippen molar-refractivity contribution in [3.8, 4) is 0 Å². The van der Waals surface area contributed by atoms with Crippen molar-refractivity contribution in [1.29, 1.82) is 0 Å². The number of sulfonamides is 2. The van der Waals surface area contributed by atoms with Crippen LogP contribution in [0.2, 0.25) is 0 Å². The fourth-order valence-electron chi connectivity index (χ4n) is 4.09. The molecule has 1 atom stereocenters. The molecule has 0 radical (unpaired) electrons. The smallest absolute Gasteiger partial charge is 0.213 e. The van der Waals surface area contributed by atoms with Crippen molar-refractivity contribution in [2.24, 2.45) is 11.3 Å². The number of hydrogen-bond donors (Lipinski definition) is 2. The molecule has 0 bridgehead atoms. The van der Waals surface area contributed by atoms with Gasteiger partial charge < -0.3 is 0 Å². The highest BCUT2D eigenvalue weighted by molar-refractivity contribution is 7.90. The first-order chi connectivity index (χ1) is 13.8. The molecule has 1 aromatic carbocycles. The van der Waals surface area contributed by atoms with E-state index in [-0.39, 0.29) is 11.3 Å². The average Bonchev–Trinajstić information content (AvgIpc) is 2.66. The van der Waals surface area contributed by atoms with Crippen molar-refractivity contribution in [2.75, 3.05) is 19.3 Å². The molecule has 8 heteroatoms. The second kappa shape index (κ2) is 10.1. The monoisotopic (exact) mass is 458 g/mol. The minimum Gasteiger partial charge on any atom is -0.215 e. The molecule has 0 heterocycles. The molecule has 6 nitrogen and oxygen atoms in total. The summed E-state index contributed by atoms with van der Waals surface area (Å²) in [6.07, 6.45) is 6.23. The molecule has 1 aliphatic carbocycles. The van der Waals surface area contributed by atoms with Crippen LogP contribution in [0, 0.1) is 11.3 Å². The normalized spacial score (nSPS) is 24.1. The lowest BCUT2D eigenvalue weighted by Gasteiger charge is -2.42. The van der Waals surface area contributed by atoms with Crippen LogP contribution >= 0.6 is 0 Å². The Morgan fingerprint density at radius 2 is 1.57 bits per heavy atom. The zero-order chi connectivity index (χ0) is 22.6.